The van der Waals surface area contributed by atoms with Crippen molar-refractivity contribution in [2.45, 2.75) is 25.3 Å². The number of carbonyl (C=O) groups is 1. The lowest BCUT2D eigenvalue weighted by atomic mass is 10.1. The van der Waals surface area contributed by atoms with Crippen molar-refractivity contribution in [2.75, 3.05) is 38.5 Å². The molecule has 3 N–H and O–H groups in total. The Bertz CT molecular complexity index is 899. The van der Waals surface area contributed by atoms with Crippen LogP contribution in [0.3, 0.4) is 0 Å². The van der Waals surface area contributed by atoms with E-state index in [9.17, 15) is 18.0 Å². The highest BCUT2D eigenvalue weighted by atomic mass is 19.2. The molecule has 0 saturated carbocycles. The summed E-state index contributed by atoms with van der Waals surface area (Å²) in [5, 5.41) is 8.21. The Morgan fingerprint density at radius 1 is 1.13 bits per heavy atom. The molecule has 3 rings (SSSR count). The minimum absolute atomic E-state index is 0.0129. The van der Waals surface area contributed by atoms with Crippen LogP contribution in [0.15, 0.2) is 39.9 Å². The summed E-state index contributed by atoms with van der Waals surface area (Å²) in [5.74, 6) is -3.82. The summed E-state index contributed by atoms with van der Waals surface area (Å²) in [6.07, 6.45) is 5.11. The first-order valence-corrected chi connectivity index (χ1v) is 10.1. The standard InChI is InChI=1S/C21H26F3N5O2/c1-25-21(27-13-18(30)28-15-8-7-14(22)19(23)20(15)24)26-12-16(17-6-5-11-31-17)29-9-3-2-4-10-29/h5-8,11,16H,2-4,9-10,12-13H2,1H3,(H,28,30)(H2,25,26,27). The van der Waals surface area contributed by atoms with Crippen LogP contribution < -0.4 is 16.0 Å². The van der Waals surface area contributed by atoms with Gasteiger partial charge in [-0.1, -0.05) is 6.42 Å². The SMILES string of the molecule is CN=C(NCC(=O)Nc1ccc(F)c(F)c1F)NCC(c1ccco1)N1CCCCC1. The summed E-state index contributed by atoms with van der Waals surface area (Å²) in [6, 6.07) is 5.50. The molecule has 1 amide bonds. The summed E-state index contributed by atoms with van der Waals surface area (Å²) in [7, 11) is 1.56. The van der Waals surface area contributed by atoms with Crippen LogP contribution in [-0.4, -0.2) is 50.0 Å². The molecule has 0 aliphatic carbocycles. The molecule has 1 atom stereocenters. The van der Waals surface area contributed by atoms with E-state index in [2.05, 4.69) is 25.8 Å². The number of amides is 1. The molecular formula is C21H26F3N5O2. The second-order valence-electron chi connectivity index (χ2n) is 7.21. The maximum absolute atomic E-state index is 13.7. The van der Waals surface area contributed by atoms with Gasteiger partial charge in [-0.25, -0.2) is 13.2 Å². The molecule has 1 saturated heterocycles. The van der Waals surface area contributed by atoms with Crippen molar-refractivity contribution in [2.24, 2.45) is 4.99 Å². The molecule has 168 valence electrons. The lowest BCUT2D eigenvalue weighted by molar-refractivity contribution is -0.115. The second-order valence-corrected chi connectivity index (χ2v) is 7.21. The smallest absolute Gasteiger partial charge is 0.243 e. The summed E-state index contributed by atoms with van der Waals surface area (Å²) in [6.45, 7) is 2.21. The number of benzene rings is 1. The van der Waals surface area contributed by atoms with E-state index in [4.69, 9.17) is 4.42 Å². The highest BCUT2D eigenvalue weighted by Crippen LogP contribution is 2.24. The summed E-state index contributed by atoms with van der Waals surface area (Å²) in [5.41, 5.74) is -0.434. The molecule has 1 aliphatic heterocycles. The number of halogens is 3. The minimum atomic E-state index is -1.63. The van der Waals surface area contributed by atoms with Crippen molar-refractivity contribution in [1.82, 2.24) is 15.5 Å². The molecule has 1 fully saturated rings. The molecule has 7 nitrogen and oxygen atoms in total. The number of furan rings is 1. The first kappa shape index (κ1) is 22.7. The Balaban J connectivity index is 1.53. The molecule has 0 spiro atoms. The highest BCUT2D eigenvalue weighted by Gasteiger charge is 2.24. The summed E-state index contributed by atoms with van der Waals surface area (Å²) < 4.78 is 45.6. The number of nitrogens with one attached hydrogen (secondary N) is 3. The van der Waals surface area contributed by atoms with Crippen LogP contribution in [0.5, 0.6) is 0 Å². The number of hydrogen-bond acceptors (Lipinski definition) is 4. The van der Waals surface area contributed by atoms with Crippen molar-refractivity contribution in [3.8, 4) is 0 Å². The number of aliphatic imine (C=N–C) groups is 1. The average Bonchev–Trinajstić information content (AvgIpc) is 3.32. The number of piperidine rings is 1. The first-order chi connectivity index (χ1) is 15.0. The first-order valence-electron chi connectivity index (χ1n) is 10.1. The zero-order valence-corrected chi connectivity index (χ0v) is 17.3. The Labute approximate surface area is 178 Å². The van der Waals surface area contributed by atoms with Crippen molar-refractivity contribution in [1.29, 1.82) is 0 Å². The lowest BCUT2D eigenvalue weighted by Crippen LogP contribution is -2.46. The Morgan fingerprint density at radius 3 is 2.58 bits per heavy atom. The fourth-order valence-corrected chi connectivity index (χ4v) is 3.52. The topological polar surface area (TPSA) is 81.9 Å². The Hall–Kier alpha value is -3.01. The number of guanidine groups is 1. The van der Waals surface area contributed by atoms with E-state index in [-0.39, 0.29) is 12.6 Å². The fraction of sp³-hybridized carbons (Fsp3) is 0.429. The van der Waals surface area contributed by atoms with E-state index in [0.717, 1.165) is 43.8 Å². The van der Waals surface area contributed by atoms with Gasteiger partial charge in [0.2, 0.25) is 5.91 Å². The second kappa shape index (κ2) is 10.9. The van der Waals surface area contributed by atoms with Gasteiger partial charge in [0.05, 0.1) is 24.5 Å². The largest absolute Gasteiger partial charge is 0.468 e. The normalized spacial score (nSPS) is 16.1. The van der Waals surface area contributed by atoms with Gasteiger partial charge in [-0.2, -0.15) is 0 Å². The monoisotopic (exact) mass is 437 g/mol. The van der Waals surface area contributed by atoms with Gasteiger partial charge < -0.3 is 20.4 Å². The van der Waals surface area contributed by atoms with E-state index >= 15 is 0 Å². The molecule has 1 unspecified atom stereocenters. The predicted molar refractivity (Wildman–Crippen MR) is 111 cm³/mol. The fourth-order valence-electron chi connectivity index (χ4n) is 3.52. The zero-order valence-electron chi connectivity index (χ0n) is 17.3. The van der Waals surface area contributed by atoms with Gasteiger partial charge in [-0.05, 0) is 50.2 Å². The number of rotatable bonds is 7. The molecule has 31 heavy (non-hydrogen) atoms. The number of anilines is 1. The van der Waals surface area contributed by atoms with Crippen LogP contribution in [0.1, 0.15) is 31.1 Å². The van der Waals surface area contributed by atoms with Gasteiger partial charge in [-0.15, -0.1) is 0 Å². The quantitative estimate of drug-likeness (QED) is 0.353. The van der Waals surface area contributed by atoms with E-state index in [1.165, 1.54) is 6.42 Å². The van der Waals surface area contributed by atoms with E-state index < -0.39 is 29.0 Å². The molecule has 1 aromatic heterocycles. The van der Waals surface area contributed by atoms with Crippen molar-refractivity contribution in [3.05, 3.63) is 53.7 Å². The lowest BCUT2D eigenvalue weighted by Gasteiger charge is -2.33. The molecule has 1 aliphatic rings. The molecular weight excluding hydrogens is 411 g/mol. The molecule has 0 bridgehead atoms. The summed E-state index contributed by atoms with van der Waals surface area (Å²) >= 11 is 0. The van der Waals surface area contributed by atoms with Crippen molar-refractivity contribution in [3.63, 3.8) is 0 Å². The third-order valence-corrected chi connectivity index (χ3v) is 5.12. The Morgan fingerprint density at radius 2 is 1.90 bits per heavy atom. The van der Waals surface area contributed by atoms with Crippen LogP contribution in [0.4, 0.5) is 18.9 Å². The molecule has 2 heterocycles. The third-order valence-electron chi connectivity index (χ3n) is 5.12. The van der Waals surface area contributed by atoms with Crippen LogP contribution in [0.25, 0.3) is 0 Å². The van der Waals surface area contributed by atoms with Gasteiger partial charge >= 0.3 is 0 Å². The number of hydrogen-bond donors (Lipinski definition) is 3. The maximum Gasteiger partial charge on any atom is 0.243 e. The van der Waals surface area contributed by atoms with E-state index in [1.54, 1.807) is 13.3 Å². The summed E-state index contributed by atoms with van der Waals surface area (Å²) in [4.78, 5) is 18.5. The van der Waals surface area contributed by atoms with Crippen LogP contribution in [0, 0.1) is 17.5 Å². The van der Waals surface area contributed by atoms with E-state index in [1.807, 2.05) is 12.1 Å². The van der Waals surface area contributed by atoms with Crippen molar-refractivity contribution >= 4 is 17.6 Å². The molecule has 10 heteroatoms. The zero-order chi connectivity index (χ0) is 22.2. The number of nitrogens with zero attached hydrogens (tertiary/aromatic N) is 2. The van der Waals surface area contributed by atoms with Gasteiger partial charge in [-0.3, -0.25) is 14.7 Å². The van der Waals surface area contributed by atoms with Gasteiger partial charge in [0, 0.05) is 13.6 Å². The van der Waals surface area contributed by atoms with Crippen molar-refractivity contribution < 1.29 is 22.4 Å². The number of carbonyl (C=O) groups excluding carboxylic acids is 1. The van der Waals surface area contributed by atoms with Gasteiger partial charge in [0.1, 0.15) is 5.76 Å². The molecule has 1 aromatic carbocycles. The highest BCUT2D eigenvalue weighted by molar-refractivity contribution is 5.95. The predicted octanol–water partition coefficient (Wildman–Crippen LogP) is 3.03. The Kier molecular flexibility index (Phi) is 7.94. The van der Waals surface area contributed by atoms with Crippen LogP contribution >= 0.6 is 0 Å². The minimum Gasteiger partial charge on any atom is -0.468 e. The van der Waals surface area contributed by atoms with E-state index in [0.29, 0.717) is 12.5 Å². The number of likely N-dealkylation sites (tertiary alicyclic amines) is 1. The van der Waals surface area contributed by atoms with Gasteiger partial charge in [0.25, 0.3) is 0 Å². The van der Waals surface area contributed by atoms with Crippen LogP contribution in [0.2, 0.25) is 0 Å². The average molecular weight is 437 g/mol. The maximum atomic E-state index is 13.7. The third kappa shape index (κ3) is 6.00. The van der Waals surface area contributed by atoms with Gasteiger partial charge in [0.15, 0.2) is 23.4 Å². The molecule has 2 aromatic rings. The van der Waals surface area contributed by atoms with Crippen LogP contribution in [-0.2, 0) is 4.79 Å². The molecule has 0 radical (unpaired) electrons.